The Morgan fingerprint density at radius 3 is 2.75 bits per heavy atom. The van der Waals surface area contributed by atoms with Crippen molar-refractivity contribution in [1.82, 2.24) is 9.80 Å². The van der Waals surface area contributed by atoms with Gasteiger partial charge >= 0.3 is 0 Å². The van der Waals surface area contributed by atoms with Crippen molar-refractivity contribution >= 4 is 0 Å². The Morgan fingerprint density at radius 1 is 1.29 bits per heavy atom. The van der Waals surface area contributed by atoms with E-state index in [4.69, 9.17) is 4.74 Å². The fraction of sp³-hybridized carbons (Fsp3) is 0.667. The van der Waals surface area contributed by atoms with Crippen LogP contribution in [0.15, 0.2) is 18.2 Å². The second kappa shape index (κ2) is 9.42. The second-order valence-corrected chi connectivity index (χ2v) is 6.24. The first-order valence-corrected chi connectivity index (χ1v) is 8.72. The molecule has 24 heavy (non-hydrogen) atoms. The van der Waals surface area contributed by atoms with E-state index in [1.807, 2.05) is 6.92 Å². The number of β-amino-alcohol motifs (C(OH)–C–C–N with tert-alkyl or cyclic N) is 1. The van der Waals surface area contributed by atoms with Crippen LogP contribution >= 0.6 is 0 Å². The molecule has 136 valence electrons. The number of halogens is 2. The summed E-state index contributed by atoms with van der Waals surface area (Å²) in [5, 5.41) is 10.3. The molecule has 1 fully saturated rings. The number of hydrogen-bond donors (Lipinski definition) is 1. The summed E-state index contributed by atoms with van der Waals surface area (Å²) in [4.78, 5) is 4.57. The highest BCUT2D eigenvalue weighted by molar-refractivity contribution is 5.21. The molecule has 1 heterocycles. The van der Waals surface area contributed by atoms with Gasteiger partial charge in [0.15, 0.2) is 0 Å². The molecule has 4 nitrogen and oxygen atoms in total. The fourth-order valence-electron chi connectivity index (χ4n) is 3.25. The van der Waals surface area contributed by atoms with Crippen LogP contribution in [0.5, 0.6) is 0 Å². The predicted molar refractivity (Wildman–Crippen MR) is 89.9 cm³/mol. The lowest BCUT2D eigenvalue weighted by molar-refractivity contribution is 0.0207. The molecule has 1 aliphatic rings. The molecule has 0 aromatic heterocycles. The van der Waals surface area contributed by atoms with Crippen LogP contribution in [-0.2, 0) is 4.74 Å². The van der Waals surface area contributed by atoms with Gasteiger partial charge in [0, 0.05) is 57.0 Å². The Hall–Kier alpha value is -1.08. The van der Waals surface area contributed by atoms with E-state index in [0.29, 0.717) is 12.6 Å². The largest absolute Gasteiger partial charge is 0.387 e. The van der Waals surface area contributed by atoms with Crippen molar-refractivity contribution in [3.63, 3.8) is 0 Å². The fourth-order valence-corrected chi connectivity index (χ4v) is 3.25. The monoisotopic (exact) mass is 342 g/mol. The summed E-state index contributed by atoms with van der Waals surface area (Å²) in [5.41, 5.74) is 0.156. The van der Waals surface area contributed by atoms with Gasteiger partial charge in [0.2, 0.25) is 0 Å². The van der Waals surface area contributed by atoms with Gasteiger partial charge in [-0.2, -0.15) is 0 Å². The first-order chi connectivity index (χ1) is 11.5. The van der Waals surface area contributed by atoms with E-state index in [0.717, 1.165) is 51.9 Å². The van der Waals surface area contributed by atoms with Gasteiger partial charge in [-0.3, -0.25) is 9.80 Å². The van der Waals surface area contributed by atoms with E-state index in [2.05, 4.69) is 16.7 Å². The van der Waals surface area contributed by atoms with Crippen LogP contribution in [0.1, 0.15) is 31.9 Å². The molecule has 1 saturated heterocycles. The van der Waals surface area contributed by atoms with Gasteiger partial charge in [-0.05, 0) is 19.4 Å². The third-order valence-electron chi connectivity index (χ3n) is 4.64. The number of nitrogens with zero attached hydrogens (tertiary/aromatic N) is 2. The average molecular weight is 342 g/mol. The maximum Gasteiger partial charge on any atom is 0.131 e. The van der Waals surface area contributed by atoms with Gasteiger partial charge in [0.25, 0.3) is 0 Å². The Kier molecular flexibility index (Phi) is 7.55. The smallest absolute Gasteiger partial charge is 0.131 e. The molecule has 0 bridgehead atoms. The van der Waals surface area contributed by atoms with Crippen molar-refractivity contribution in [1.29, 1.82) is 0 Å². The summed E-state index contributed by atoms with van der Waals surface area (Å²) in [7, 11) is 0. The van der Waals surface area contributed by atoms with Crippen molar-refractivity contribution in [2.45, 2.75) is 32.4 Å². The van der Waals surface area contributed by atoms with Crippen LogP contribution in [-0.4, -0.2) is 66.9 Å². The van der Waals surface area contributed by atoms with Gasteiger partial charge in [0.1, 0.15) is 11.6 Å². The summed E-state index contributed by atoms with van der Waals surface area (Å²) in [6.45, 7) is 9.44. The van der Waals surface area contributed by atoms with E-state index >= 15 is 0 Å². The Bertz CT molecular complexity index is 516. The number of aliphatic hydroxyl groups is 1. The van der Waals surface area contributed by atoms with Crippen molar-refractivity contribution in [3.8, 4) is 0 Å². The first-order valence-electron chi connectivity index (χ1n) is 8.72. The molecule has 0 aliphatic carbocycles. The lowest BCUT2D eigenvalue weighted by atomic mass is 10.1. The van der Waals surface area contributed by atoms with Crippen LogP contribution in [0.25, 0.3) is 0 Å². The molecule has 1 aromatic rings. The number of rotatable bonds is 8. The molecule has 1 aliphatic heterocycles. The maximum atomic E-state index is 13.8. The minimum absolute atomic E-state index is 0.156. The first kappa shape index (κ1) is 19.2. The zero-order valence-electron chi connectivity index (χ0n) is 14.5. The maximum absolute atomic E-state index is 13.8. The number of ether oxygens (including phenoxy) is 1. The molecule has 2 atom stereocenters. The van der Waals surface area contributed by atoms with Crippen LogP contribution in [0.4, 0.5) is 8.78 Å². The van der Waals surface area contributed by atoms with Gasteiger partial charge in [-0.15, -0.1) is 0 Å². The lowest BCUT2D eigenvalue weighted by Gasteiger charge is -2.41. The lowest BCUT2D eigenvalue weighted by Crippen LogP contribution is -2.54. The van der Waals surface area contributed by atoms with E-state index in [9.17, 15) is 13.9 Å². The molecular formula is C18H28F2N2O2. The molecule has 1 aromatic carbocycles. The molecule has 0 spiro atoms. The van der Waals surface area contributed by atoms with Gasteiger partial charge in [0.05, 0.1) is 12.7 Å². The quantitative estimate of drug-likeness (QED) is 0.736. The minimum Gasteiger partial charge on any atom is -0.387 e. The third kappa shape index (κ3) is 5.21. The zero-order chi connectivity index (χ0) is 17.5. The minimum atomic E-state index is -0.946. The SMILES string of the molecule is CCOCCN1CCN(C[C@@H](O)c2ccc(F)cc2F)C[C@H]1CC. The van der Waals surface area contributed by atoms with Gasteiger partial charge < -0.3 is 9.84 Å². The number of aliphatic hydroxyl groups excluding tert-OH is 1. The van der Waals surface area contributed by atoms with Crippen LogP contribution < -0.4 is 0 Å². The normalized spacial score (nSPS) is 21.1. The predicted octanol–water partition coefficient (Wildman–Crippen LogP) is 2.43. The highest BCUT2D eigenvalue weighted by Gasteiger charge is 2.27. The van der Waals surface area contributed by atoms with Crippen LogP contribution in [0, 0.1) is 11.6 Å². The second-order valence-electron chi connectivity index (χ2n) is 6.24. The summed E-state index contributed by atoms with van der Waals surface area (Å²) in [5.74, 6) is -1.32. The standard InChI is InChI=1S/C18H28F2N2O2/c1-3-15-12-21(7-8-22(15)9-10-24-4-2)13-18(23)16-6-5-14(19)11-17(16)20/h5-6,11,15,18,23H,3-4,7-10,12-13H2,1-2H3/t15-,18-/m1/s1. The van der Waals surface area contributed by atoms with E-state index in [1.54, 1.807) is 0 Å². The molecule has 1 N–H and O–H groups in total. The zero-order valence-corrected chi connectivity index (χ0v) is 14.5. The molecule has 2 rings (SSSR count). The Balaban J connectivity index is 1.89. The summed E-state index contributed by atoms with van der Waals surface area (Å²) in [6.07, 6.45) is 0.0713. The molecular weight excluding hydrogens is 314 g/mol. The molecule has 0 radical (unpaired) electrons. The van der Waals surface area contributed by atoms with Gasteiger partial charge in [-0.25, -0.2) is 8.78 Å². The third-order valence-corrected chi connectivity index (χ3v) is 4.64. The van der Waals surface area contributed by atoms with Crippen molar-refractivity contribution in [3.05, 3.63) is 35.4 Å². The average Bonchev–Trinajstić information content (AvgIpc) is 2.56. The summed E-state index contributed by atoms with van der Waals surface area (Å²) in [6, 6.07) is 3.73. The summed E-state index contributed by atoms with van der Waals surface area (Å²) >= 11 is 0. The highest BCUT2D eigenvalue weighted by atomic mass is 19.1. The van der Waals surface area contributed by atoms with Crippen molar-refractivity contribution in [2.75, 3.05) is 45.9 Å². The van der Waals surface area contributed by atoms with E-state index < -0.39 is 17.7 Å². The van der Waals surface area contributed by atoms with Crippen molar-refractivity contribution in [2.24, 2.45) is 0 Å². The summed E-state index contributed by atoms with van der Waals surface area (Å²) < 4.78 is 32.2. The Morgan fingerprint density at radius 2 is 2.08 bits per heavy atom. The Labute approximate surface area is 143 Å². The molecule has 0 unspecified atom stereocenters. The number of hydrogen-bond acceptors (Lipinski definition) is 4. The van der Waals surface area contributed by atoms with E-state index in [1.165, 1.54) is 12.1 Å². The van der Waals surface area contributed by atoms with Gasteiger partial charge in [-0.1, -0.05) is 13.0 Å². The molecule has 0 amide bonds. The topological polar surface area (TPSA) is 35.9 Å². The van der Waals surface area contributed by atoms with Crippen molar-refractivity contribution < 1.29 is 18.6 Å². The van der Waals surface area contributed by atoms with Crippen LogP contribution in [0.2, 0.25) is 0 Å². The molecule has 0 saturated carbocycles. The van der Waals surface area contributed by atoms with Crippen LogP contribution in [0.3, 0.4) is 0 Å². The molecule has 6 heteroatoms. The number of piperazine rings is 1. The van der Waals surface area contributed by atoms with E-state index in [-0.39, 0.29) is 5.56 Å². The highest BCUT2D eigenvalue weighted by Crippen LogP contribution is 2.21. The number of benzene rings is 1.